The first-order chi connectivity index (χ1) is 20.7. The van der Waals surface area contributed by atoms with Crippen molar-refractivity contribution in [3.05, 3.63) is 34.9 Å². The maximum atomic E-state index is 14.4. The SMILES string of the molecule is Cc1cccc(C)c1C1CC2NC(N1)NS(=O)(=O)C1CCCC(C1)CN(C1CC(N(C)C)C1)[C@H](CC1(C(F)(F)F)CC1)CO2. The molecule has 1 aromatic rings. The van der Waals surface area contributed by atoms with Crippen molar-refractivity contribution < 1.29 is 26.3 Å². The second-order valence-corrected chi connectivity index (χ2v) is 16.6. The van der Waals surface area contributed by atoms with Crippen LogP contribution >= 0.6 is 0 Å². The quantitative estimate of drug-likeness (QED) is 0.436. The van der Waals surface area contributed by atoms with Crippen molar-refractivity contribution in [1.82, 2.24) is 25.2 Å². The van der Waals surface area contributed by atoms with E-state index in [0.29, 0.717) is 31.8 Å². The summed E-state index contributed by atoms with van der Waals surface area (Å²) < 4.78 is 80.2. The number of hydrogen-bond acceptors (Lipinski definition) is 7. The largest absolute Gasteiger partial charge is 0.394 e. The highest BCUT2D eigenvalue weighted by atomic mass is 32.2. The molecule has 12 heteroatoms. The van der Waals surface area contributed by atoms with Crippen LogP contribution in [-0.2, 0) is 14.8 Å². The highest BCUT2D eigenvalue weighted by Crippen LogP contribution is 2.61. The van der Waals surface area contributed by atoms with Gasteiger partial charge in [-0.15, -0.1) is 0 Å². The van der Waals surface area contributed by atoms with Gasteiger partial charge in [0.15, 0.2) is 0 Å². The van der Waals surface area contributed by atoms with Crippen LogP contribution in [-0.4, -0.2) is 87.5 Å². The van der Waals surface area contributed by atoms with Gasteiger partial charge >= 0.3 is 6.18 Å². The van der Waals surface area contributed by atoms with Crippen molar-refractivity contribution in [3.8, 4) is 0 Å². The number of ether oxygens (including phenoxy) is 1. The summed E-state index contributed by atoms with van der Waals surface area (Å²) in [6.07, 6.45) is -0.0410. The number of sulfonamides is 1. The van der Waals surface area contributed by atoms with Crippen molar-refractivity contribution in [2.45, 2.75) is 126 Å². The van der Waals surface area contributed by atoms with Crippen LogP contribution in [0.5, 0.6) is 0 Å². The third-order valence-electron chi connectivity index (χ3n) is 11.3. The second-order valence-electron chi connectivity index (χ2n) is 14.6. The molecule has 6 atom stereocenters. The molecule has 44 heavy (non-hydrogen) atoms. The Balaban J connectivity index is 1.34. The summed E-state index contributed by atoms with van der Waals surface area (Å²) in [5.41, 5.74) is 1.65. The maximum absolute atomic E-state index is 14.4. The number of nitrogens with one attached hydrogen (secondary N) is 3. The fourth-order valence-electron chi connectivity index (χ4n) is 8.35. The van der Waals surface area contributed by atoms with Crippen molar-refractivity contribution in [2.75, 3.05) is 27.2 Å². The van der Waals surface area contributed by atoms with Gasteiger partial charge in [0.1, 0.15) is 12.5 Å². The molecular formula is C32H50F3N5O3S. The Morgan fingerprint density at radius 1 is 1.05 bits per heavy atom. The molecule has 4 bridgehead atoms. The van der Waals surface area contributed by atoms with Crippen molar-refractivity contribution in [2.24, 2.45) is 11.3 Å². The fraction of sp³-hybridized carbons (Fsp3) is 0.812. The fourth-order valence-corrected chi connectivity index (χ4v) is 10.0. The average molecular weight is 642 g/mol. The highest BCUT2D eigenvalue weighted by molar-refractivity contribution is 7.90. The van der Waals surface area contributed by atoms with Gasteiger partial charge in [-0.3, -0.25) is 15.5 Å². The molecule has 2 saturated heterocycles. The summed E-state index contributed by atoms with van der Waals surface area (Å²) in [4.78, 5) is 4.51. The molecule has 0 amide bonds. The Kier molecular flexibility index (Phi) is 9.20. The second kappa shape index (κ2) is 12.4. The Morgan fingerprint density at radius 3 is 2.39 bits per heavy atom. The summed E-state index contributed by atoms with van der Waals surface area (Å²) in [5.74, 6) is 0.107. The van der Waals surface area contributed by atoms with Crippen molar-refractivity contribution in [1.29, 1.82) is 0 Å². The lowest BCUT2D eigenvalue weighted by molar-refractivity contribution is -0.196. The molecule has 3 aliphatic carbocycles. The van der Waals surface area contributed by atoms with Gasteiger partial charge in [0.25, 0.3) is 0 Å². The molecule has 2 heterocycles. The van der Waals surface area contributed by atoms with Gasteiger partial charge in [-0.05, 0) is 102 Å². The molecule has 2 aliphatic heterocycles. The number of hydrogen-bond donors (Lipinski definition) is 3. The van der Waals surface area contributed by atoms with Gasteiger partial charge in [0.2, 0.25) is 10.0 Å². The van der Waals surface area contributed by atoms with E-state index in [2.05, 4.69) is 39.3 Å². The number of alkyl halides is 3. The minimum absolute atomic E-state index is 0.0288. The van der Waals surface area contributed by atoms with Gasteiger partial charge in [-0.25, -0.2) is 8.42 Å². The zero-order valence-electron chi connectivity index (χ0n) is 26.5. The molecule has 5 fully saturated rings. The first-order valence-electron chi connectivity index (χ1n) is 16.4. The predicted octanol–water partition coefficient (Wildman–Crippen LogP) is 4.54. The van der Waals surface area contributed by atoms with Crippen LogP contribution in [0.25, 0.3) is 0 Å². The van der Waals surface area contributed by atoms with Crippen LogP contribution < -0.4 is 15.4 Å². The number of halogens is 3. The van der Waals surface area contributed by atoms with Gasteiger partial charge in [0.05, 0.1) is 17.3 Å². The number of nitrogens with zero attached hydrogens (tertiary/aromatic N) is 2. The van der Waals surface area contributed by atoms with Crippen LogP contribution in [0, 0.1) is 25.2 Å². The Bertz CT molecular complexity index is 1260. The lowest BCUT2D eigenvalue weighted by atomic mass is 9.80. The zero-order chi connectivity index (χ0) is 31.4. The number of aryl methyl sites for hydroxylation is 2. The summed E-state index contributed by atoms with van der Waals surface area (Å²) >= 11 is 0. The molecule has 5 aliphatic rings. The van der Waals surface area contributed by atoms with Gasteiger partial charge < -0.3 is 9.64 Å². The topological polar surface area (TPSA) is 85.9 Å². The lowest BCUT2D eigenvalue weighted by Gasteiger charge is -2.50. The molecule has 0 spiro atoms. The van der Waals surface area contributed by atoms with E-state index in [1.165, 1.54) is 0 Å². The molecule has 5 unspecified atom stereocenters. The molecule has 8 nitrogen and oxygen atoms in total. The molecule has 3 N–H and O–H groups in total. The van der Waals surface area contributed by atoms with Crippen molar-refractivity contribution >= 4 is 10.0 Å². The monoisotopic (exact) mass is 641 g/mol. The zero-order valence-corrected chi connectivity index (χ0v) is 27.3. The standard InChI is InChI=1S/C32H50F3N5O3S/c1-20-7-5-8-21(2)29(20)27-16-28-37-30(36-27)38-44(41,42)26-10-6-9-22(13-26)18-40(24-14-23(15-24)39(3)4)25(19-43-28)17-31(11-12-31)32(33,34)35/h5,7-8,22-28,30,36-38H,6,9-19H2,1-4H3/t22?,23?,24?,25-,26?,27?,28?,30?/m1/s1. The summed E-state index contributed by atoms with van der Waals surface area (Å²) in [5, 5.41) is 6.25. The summed E-state index contributed by atoms with van der Waals surface area (Å²) in [6, 6.07) is 6.08. The minimum atomic E-state index is -4.24. The van der Waals surface area contributed by atoms with E-state index in [1.807, 2.05) is 32.0 Å². The van der Waals surface area contributed by atoms with E-state index in [1.54, 1.807) is 0 Å². The van der Waals surface area contributed by atoms with Crippen LogP contribution in [0.1, 0.15) is 86.9 Å². The molecule has 1 aromatic carbocycles. The van der Waals surface area contributed by atoms with Crippen molar-refractivity contribution in [3.63, 3.8) is 0 Å². The van der Waals surface area contributed by atoms with Crippen LogP contribution in [0.15, 0.2) is 18.2 Å². The molecule has 0 aromatic heterocycles. The van der Waals surface area contributed by atoms with Crippen LogP contribution in [0.3, 0.4) is 0 Å². The van der Waals surface area contributed by atoms with Crippen LogP contribution in [0.4, 0.5) is 13.2 Å². The van der Waals surface area contributed by atoms with E-state index in [4.69, 9.17) is 4.74 Å². The average Bonchev–Trinajstić information content (AvgIpc) is 3.70. The third-order valence-corrected chi connectivity index (χ3v) is 13.2. The first-order valence-corrected chi connectivity index (χ1v) is 18.0. The Morgan fingerprint density at radius 2 is 1.75 bits per heavy atom. The lowest BCUT2D eigenvalue weighted by Crippen LogP contribution is -2.64. The number of benzene rings is 1. The van der Waals surface area contributed by atoms with Gasteiger partial charge in [0, 0.05) is 37.1 Å². The first kappa shape index (κ1) is 32.7. The summed E-state index contributed by atoms with van der Waals surface area (Å²) in [6.45, 7) is 4.88. The predicted molar refractivity (Wildman–Crippen MR) is 164 cm³/mol. The van der Waals surface area contributed by atoms with Gasteiger partial charge in [-0.2, -0.15) is 17.9 Å². The van der Waals surface area contributed by atoms with E-state index >= 15 is 0 Å². The molecular weight excluding hydrogens is 591 g/mol. The Labute approximate surface area is 260 Å². The van der Waals surface area contributed by atoms with E-state index in [9.17, 15) is 21.6 Å². The smallest absolute Gasteiger partial charge is 0.362 e. The van der Waals surface area contributed by atoms with Gasteiger partial charge in [-0.1, -0.05) is 24.6 Å². The summed E-state index contributed by atoms with van der Waals surface area (Å²) in [7, 11) is 0.433. The third kappa shape index (κ3) is 6.73. The Hall–Kier alpha value is -1.28. The highest BCUT2D eigenvalue weighted by Gasteiger charge is 2.64. The molecule has 3 saturated carbocycles. The van der Waals surface area contributed by atoms with E-state index in [0.717, 1.165) is 42.4 Å². The number of rotatable bonds is 5. The molecule has 248 valence electrons. The number of fused-ring (bicyclic) bond motifs is 4. The van der Waals surface area contributed by atoms with E-state index < -0.39 is 45.4 Å². The molecule has 6 rings (SSSR count). The van der Waals surface area contributed by atoms with E-state index in [-0.39, 0.29) is 43.9 Å². The van der Waals surface area contributed by atoms with Crippen LogP contribution in [0.2, 0.25) is 0 Å². The molecule has 0 radical (unpaired) electrons. The minimum Gasteiger partial charge on any atom is -0.362 e. The normalized spacial score (nSPS) is 37.7. The maximum Gasteiger partial charge on any atom is 0.394 e.